The molecule has 0 radical (unpaired) electrons. The number of anilines is 1. The number of nitrogens with zero attached hydrogens (tertiary/aromatic N) is 1. The third-order valence-corrected chi connectivity index (χ3v) is 2.06. The maximum Gasteiger partial charge on any atom is 0.423 e. The van der Waals surface area contributed by atoms with Gasteiger partial charge in [-0.3, -0.25) is 14.9 Å². The van der Waals surface area contributed by atoms with Gasteiger partial charge in [0, 0.05) is 18.9 Å². The number of nitro benzene ring substituents is 1. The van der Waals surface area contributed by atoms with Gasteiger partial charge in [0.1, 0.15) is 12.2 Å². The van der Waals surface area contributed by atoms with Gasteiger partial charge in [-0.2, -0.15) is 13.2 Å². The second-order valence-electron chi connectivity index (χ2n) is 3.47. The molecule has 0 saturated heterocycles. The average molecular weight is 278 g/mol. The van der Waals surface area contributed by atoms with Crippen LogP contribution in [-0.4, -0.2) is 24.5 Å². The molecule has 0 aromatic heterocycles. The fourth-order valence-electron chi connectivity index (χ4n) is 1.33. The highest BCUT2D eigenvalue weighted by Gasteiger charge is 2.38. The zero-order chi connectivity index (χ0) is 14.6. The summed E-state index contributed by atoms with van der Waals surface area (Å²) in [5.74, 6) is -0.663. The van der Waals surface area contributed by atoms with Gasteiger partial charge in [0.15, 0.2) is 0 Å². The monoisotopic (exact) mass is 278 g/mol. The number of nitro groups is 1. The van der Waals surface area contributed by atoms with E-state index in [-0.39, 0.29) is 12.3 Å². The molecule has 0 unspecified atom stereocenters. The van der Waals surface area contributed by atoms with Crippen molar-refractivity contribution >= 4 is 17.3 Å². The molecule has 104 valence electrons. The Bertz CT molecular complexity index is 502. The van der Waals surface area contributed by atoms with E-state index in [0.29, 0.717) is 12.1 Å². The topological polar surface area (TPSA) is 81.5 Å². The lowest BCUT2D eigenvalue weighted by atomic mass is 10.1. The molecular formula is C10H9F3N2O4. The number of ether oxygens (including phenoxy) is 1. The quantitative estimate of drug-likeness (QED) is 0.676. The summed E-state index contributed by atoms with van der Waals surface area (Å²) in [4.78, 5) is 20.5. The molecular weight excluding hydrogens is 269 g/mol. The van der Waals surface area contributed by atoms with Crippen LogP contribution in [0.5, 0.6) is 0 Å². The van der Waals surface area contributed by atoms with Crippen LogP contribution in [0.2, 0.25) is 0 Å². The molecule has 19 heavy (non-hydrogen) atoms. The number of amides is 1. The van der Waals surface area contributed by atoms with E-state index >= 15 is 0 Å². The van der Waals surface area contributed by atoms with Crippen molar-refractivity contribution in [1.82, 2.24) is 0 Å². The summed E-state index contributed by atoms with van der Waals surface area (Å²) in [7, 11) is 1.25. The number of alkyl halides is 3. The molecule has 9 heteroatoms. The molecule has 1 rings (SSSR count). The smallest absolute Gasteiger partial charge is 0.375 e. The van der Waals surface area contributed by atoms with Gasteiger partial charge in [-0.25, -0.2) is 0 Å². The number of hydrogen-bond donors (Lipinski definition) is 1. The first kappa shape index (κ1) is 14.9. The van der Waals surface area contributed by atoms with Gasteiger partial charge >= 0.3 is 6.18 Å². The minimum absolute atomic E-state index is 0.194. The van der Waals surface area contributed by atoms with Crippen molar-refractivity contribution in [2.24, 2.45) is 0 Å². The SMILES string of the molecule is COCC(=O)Nc1ccc([N+](=O)[O-])c(C(F)(F)F)c1. The summed E-state index contributed by atoms with van der Waals surface area (Å²) in [6, 6.07) is 2.21. The number of nitrogens with one attached hydrogen (secondary N) is 1. The number of carbonyl (C=O) groups excluding carboxylic acids is 1. The summed E-state index contributed by atoms with van der Waals surface area (Å²) < 4.78 is 42.4. The van der Waals surface area contributed by atoms with E-state index in [0.717, 1.165) is 6.07 Å². The normalized spacial score (nSPS) is 11.2. The summed E-state index contributed by atoms with van der Waals surface area (Å²) in [6.07, 6.45) is -4.88. The molecule has 0 atom stereocenters. The first-order valence-electron chi connectivity index (χ1n) is 4.90. The predicted molar refractivity (Wildman–Crippen MR) is 58.6 cm³/mol. The molecule has 1 N–H and O–H groups in total. The van der Waals surface area contributed by atoms with E-state index in [9.17, 15) is 28.1 Å². The van der Waals surface area contributed by atoms with Crippen LogP contribution in [0.4, 0.5) is 24.5 Å². The molecule has 0 heterocycles. The van der Waals surface area contributed by atoms with Crippen LogP contribution in [0, 0.1) is 10.1 Å². The molecule has 0 aliphatic carbocycles. The highest BCUT2D eigenvalue weighted by molar-refractivity contribution is 5.91. The molecule has 0 spiro atoms. The lowest BCUT2D eigenvalue weighted by Crippen LogP contribution is -2.18. The predicted octanol–water partition coefficient (Wildman–Crippen LogP) is 2.20. The van der Waals surface area contributed by atoms with Gasteiger partial charge in [-0.05, 0) is 12.1 Å². The zero-order valence-corrected chi connectivity index (χ0v) is 9.65. The lowest BCUT2D eigenvalue weighted by Gasteiger charge is -2.10. The van der Waals surface area contributed by atoms with Gasteiger partial charge in [0.25, 0.3) is 5.69 Å². The van der Waals surface area contributed by atoms with Crippen molar-refractivity contribution in [1.29, 1.82) is 0 Å². The molecule has 0 fully saturated rings. The van der Waals surface area contributed by atoms with Crippen LogP contribution in [-0.2, 0) is 15.7 Å². The third kappa shape index (κ3) is 3.91. The van der Waals surface area contributed by atoms with Crippen LogP contribution in [0.1, 0.15) is 5.56 Å². The number of carbonyl (C=O) groups is 1. The Balaban J connectivity index is 3.12. The van der Waals surface area contributed by atoms with Crippen molar-refractivity contribution in [2.75, 3.05) is 19.0 Å². The van der Waals surface area contributed by atoms with Gasteiger partial charge < -0.3 is 10.1 Å². The zero-order valence-electron chi connectivity index (χ0n) is 9.65. The minimum Gasteiger partial charge on any atom is -0.375 e. The van der Waals surface area contributed by atoms with Crippen LogP contribution in [0.3, 0.4) is 0 Å². The molecule has 0 bridgehead atoms. The number of rotatable bonds is 4. The van der Waals surface area contributed by atoms with Gasteiger partial charge in [0.2, 0.25) is 5.91 Å². The van der Waals surface area contributed by atoms with Gasteiger partial charge in [-0.15, -0.1) is 0 Å². The Hall–Kier alpha value is -2.16. The molecule has 0 saturated carbocycles. The van der Waals surface area contributed by atoms with E-state index in [1.165, 1.54) is 7.11 Å². The lowest BCUT2D eigenvalue weighted by molar-refractivity contribution is -0.388. The minimum atomic E-state index is -4.88. The van der Waals surface area contributed by atoms with E-state index in [1.54, 1.807) is 0 Å². The number of methoxy groups -OCH3 is 1. The molecule has 1 aromatic carbocycles. The fraction of sp³-hybridized carbons (Fsp3) is 0.300. The summed E-state index contributed by atoms with van der Waals surface area (Å²) in [5.41, 5.74) is -2.69. The number of benzene rings is 1. The van der Waals surface area contributed by atoms with Crippen molar-refractivity contribution in [3.8, 4) is 0 Å². The number of halogens is 3. The summed E-state index contributed by atoms with van der Waals surface area (Å²) in [6.45, 7) is -0.335. The largest absolute Gasteiger partial charge is 0.423 e. The first-order valence-corrected chi connectivity index (χ1v) is 4.90. The van der Waals surface area contributed by atoms with Crippen LogP contribution in [0.15, 0.2) is 18.2 Å². The fourth-order valence-corrected chi connectivity index (χ4v) is 1.33. The van der Waals surface area contributed by atoms with Crippen LogP contribution >= 0.6 is 0 Å². The van der Waals surface area contributed by atoms with E-state index in [2.05, 4.69) is 10.1 Å². The second-order valence-corrected chi connectivity index (χ2v) is 3.47. The number of hydrogen-bond acceptors (Lipinski definition) is 4. The van der Waals surface area contributed by atoms with Crippen molar-refractivity contribution in [3.63, 3.8) is 0 Å². The molecule has 0 aliphatic rings. The van der Waals surface area contributed by atoms with Crippen LogP contribution in [0.25, 0.3) is 0 Å². The van der Waals surface area contributed by atoms with Crippen LogP contribution < -0.4 is 5.32 Å². The van der Waals surface area contributed by atoms with E-state index < -0.39 is 28.3 Å². The Kier molecular flexibility index (Phi) is 4.43. The van der Waals surface area contributed by atoms with Crippen molar-refractivity contribution in [2.45, 2.75) is 6.18 Å². The van der Waals surface area contributed by atoms with Gasteiger partial charge in [-0.1, -0.05) is 0 Å². The van der Waals surface area contributed by atoms with E-state index in [1.807, 2.05) is 0 Å². The van der Waals surface area contributed by atoms with Gasteiger partial charge in [0.05, 0.1) is 4.92 Å². The third-order valence-electron chi connectivity index (χ3n) is 2.06. The Morgan fingerprint density at radius 3 is 2.58 bits per heavy atom. The summed E-state index contributed by atoms with van der Waals surface area (Å²) in [5, 5.41) is 12.6. The highest BCUT2D eigenvalue weighted by Crippen LogP contribution is 2.37. The van der Waals surface area contributed by atoms with Crippen molar-refractivity contribution in [3.05, 3.63) is 33.9 Å². The average Bonchev–Trinajstić information content (AvgIpc) is 2.27. The highest BCUT2D eigenvalue weighted by atomic mass is 19.4. The molecule has 6 nitrogen and oxygen atoms in total. The summed E-state index contributed by atoms with van der Waals surface area (Å²) >= 11 is 0. The molecule has 0 aliphatic heterocycles. The Morgan fingerprint density at radius 1 is 1.47 bits per heavy atom. The maximum atomic E-state index is 12.6. The standard InChI is InChI=1S/C10H9F3N2O4/c1-19-5-9(16)14-6-2-3-8(15(17)18)7(4-6)10(11,12)13/h2-4H,5H2,1H3,(H,14,16). The Morgan fingerprint density at radius 2 is 2.11 bits per heavy atom. The molecule has 1 amide bonds. The molecule has 1 aromatic rings. The first-order chi connectivity index (χ1) is 8.75. The van der Waals surface area contributed by atoms with Crippen molar-refractivity contribution < 1.29 is 27.6 Å². The Labute approximate surface area is 105 Å². The maximum absolute atomic E-state index is 12.6. The van der Waals surface area contributed by atoms with E-state index in [4.69, 9.17) is 0 Å². The second kappa shape index (κ2) is 5.65.